The van der Waals surface area contributed by atoms with Gasteiger partial charge in [0.15, 0.2) is 12.4 Å². The molecule has 0 aliphatic carbocycles. The Morgan fingerprint density at radius 1 is 1.10 bits per heavy atom. The fraction of sp³-hybridized carbons (Fsp3) is 0.318. The summed E-state index contributed by atoms with van der Waals surface area (Å²) in [5.41, 5.74) is 0.589. The third kappa shape index (κ3) is 5.40. The number of nitrogens with zero attached hydrogens (tertiary/aromatic N) is 1. The van der Waals surface area contributed by atoms with Gasteiger partial charge in [-0.3, -0.25) is 14.4 Å². The van der Waals surface area contributed by atoms with Crippen LogP contribution in [-0.4, -0.2) is 48.2 Å². The molecule has 1 N–H and O–H groups in total. The van der Waals surface area contributed by atoms with E-state index in [0.29, 0.717) is 37.2 Å². The van der Waals surface area contributed by atoms with Gasteiger partial charge in [0, 0.05) is 24.7 Å². The summed E-state index contributed by atoms with van der Waals surface area (Å²) in [6.45, 7) is 2.20. The fourth-order valence-electron chi connectivity index (χ4n) is 3.26. The third-order valence-corrected chi connectivity index (χ3v) is 4.86. The molecular formula is C22H23FN2O4. The summed E-state index contributed by atoms with van der Waals surface area (Å²) in [7, 11) is 0. The van der Waals surface area contributed by atoms with Crippen molar-refractivity contribution in [1.82, 2.24) is 10.2 Å². The highest BCUT2D eigenvalue weighted by molar-refractivity contribution is 5.95. The van der Waals surface area contributed by atoms with Crippen molar-refractivity contribution in [3.8, 4) is 5.75 Å². The highest BCUT2D eigenvalue weighted by atomic mass is 19.1. The zero-order chi connectivity index (χ0) is 20.8. The molecule has 0 bridgehead atoms. The van der Waals surface area contributed by atoms with Crippen LogP contribution in [0.3, 0.4) is 0 Å². The van der Waals surface area contributed by atoms with Crippen LogP contribution in [0.4, 0.5) is 4.39 Å². The lowest BCUT2D eigenvalue weighted by atomic mass is 10.0. The maximum absolute atomic E-state index is 13.8. The number of nitrogens with one attached hydrogen (secondary N) is 1. The van der Waals surface area contributed by atoms with E-state index < -0.39 is 5.82 Å². The first kappa shape index (κ1) is 20.5. The van der Waals surface area contributed by atoms with E-state index in [9.17, 15) is 18.8 Å². The second-order valence-electron chi connectivity index (χ2n) is 6.99. The molecule has 6 nitrogen and oxygen atoms in total. The van der Waals surface area contributed by atoms with Crippen molar-refractivity contribution in [3.63, 3.8) is 0 Å². The molecule has 0 spiro atoms. The maximum atomic E-state index is 13.8. The first-order chi connectivity index (χ1) is 13.9. The third-order valence-electron chi connectivity index (χ3n) is 4.86. The zero-order valence-corrected chi connectivity index (χ0v) is 16.2. The van der Waals surface area contributed by atoms with Gasteiger partial charge >= 0.3 is 0 Å². The number of likely N-dealkylation sites (tertiary alicyclic amines) is 1. The number of carbonyl (C=O) groups is 3. The predicted molar refractivity (Wildman–Crippen MR) is 105 cm³/mol. The Hall–Kier alpha value is -3.22. The number of ketones is 1. The number of benzene rings is 2. The SMILES string of the molecule is CC(=O)c1cccc(OCC(=O)NC2CCN(C(=O)c3ccccc3F)CC2)c1. The van der Waals surface area contributed by atoms with Crippen molar-refractivity contribution in [2.24, 2.45) is 0 Å². The van der Waals surface area contributed by atoms with Crippen LogP contribution < -0.4 is 10.1 Å². The first-order valence-corrected chi connectivity index (χ1v) is 9.51. The lowest BCUT2D eigenvalue weighted by Crippen LogP contribution is -2.47. The number of hydrogen-bond donors (Lipinski definition) is 1. The number of rotatable bonds is 6. The lowest BCUT2D eigenvalue weighted by molar-refractivity contribution is -0.124. The summed E-state index contributed by atoms with van der Waals surface area (Å²) in [4.78, 5) is 37.6. The lowest BCUT2D eigenvalue weighted by Gasteiger charge is -2.32. The van der Waals surface area contributed by atoms with E-state index in [-0.39, 0.29) is 35.8 Å². The van der Waals surface area contributed by atoms with Gasteiger partial charge in [-0.15, -0.1) is 0 Å². The van der Waals surface area contributed by atoms with Crippen LogP contribution in [0.1, 0.15) is 40.5 Å². The number of carbonyl (C=O) groups excluding carboxylic acids is 3. The molecule has 0 saturated carbocycles. The normalized spacial score (nSPS) is 14.3. The van der Waals surface area contributed by atoms with Crippen molar-refractivity contribution in [1.29, 1.82) is 0 Å². The van der Waals surface area contributed by atoms with Gasteiger partial charge in [0.25, 0.3) is 11.8 Å². The topological polar surface area (TPSA) is 75.7 Å². The van der Waals surface area contributed by atoms with E-state index in [4.69, 9.17) is 4.74 Å². The Morgan fingerprint density at radius 3 is 2.52 bits per heavy atom. The quantitative estimate of drug-likeness (QED) is 0.760. The first-order valence-electron chi connectivity index (χ1n) is 9.51. The predicted octanol–water partition coefficient (Wildman–Crippen LogP) is 2.83. The highest BCUT2D eigenvalue weighted by Gasteiger charge is 2.26. The molecule has 0 aromatic heterocycles. The van der Waals surface area contributed by atoms with Crippen molar-refractivity contribution in [3.05, 3.63) is 65.5 Å². The molecule has 29 heavy (non-hydrogen) atoms. The Morgan fingerprint density at radius 2 is 1.83 bits per heavy atom. The van der Waals surface area contributed by atoms with Gasteiger partial charge in [0.1, 0.15) is 11.6 Å². The van der Waals surface area contributed by atoms with E-state index in [1.54, 1.807) is 41.3 Å². The summed E-state index contributed by atoms with van der Waals surface area (Å²) >= 11 is 0. The van der Waals surface area contributed by atoms with Crippen LogP contribution in [0, 0.1) is 5.82 Å². The molecule has 1 aliphatic heterocycles. The largest absolute Gasteiger partial charge is 0.484 e. The summed E-state index contributed by atoms with van der Waals surface area (Å²) < 4.78 is 19.3. The summed E-state index contributed by atoms with van der Waals surface area (Å²) in [6.07, 6.45) is 1.18. The number of hydrogen-bond acceptors (Lipinski definition) is 4. The molecule has 152 valence electrons. The van der Waals surface area contributed by atoms with E-state index in [2.05, 4.69) is 5.32 Å². The molecule has 1 aliphatic rings. The Kier molecular flexibility index (Phi) is 6.59. The molecular weight excluding hydrogens is 375 g/mol. The average molecular weight is 398 g/mol. The van der Waals surface area contributed by atoms with E-state index in [1.807, 2.05) is 0 Å². The van der Waals surface area contributed by atoms with Crippen molar-refractivity contribution in [2.45, 2.75) is 25.8 Å². The van der Waals surface area contributed by atoms with Crippen molar-refractivity contribution >= 4 is 17.6 Å². The van der Waals surface area contributed by atoms with Gasteiger partial charge in [-0.2, -0.15) is 0 Å². The number of amides is 2. The van der Waals surface area contributed by atoms with Crippen LogP contribution in [0.25, 0.3) is 0 Å². The highest BCUT2D eigenvalue weighted by Crippen LogP contribution is 2.17. The maximum Gasteiger partial charge on any atom is 0.258 e. The monoisotopic (exact) mass is 398 g/mol. The average Bonchev–Trinajstić information content (AvgIpc) is 2.73. The standard InChI is InChI=1S/C22H23FN2O4/c1-15(26)16-5-4-6-18(13-16)29-14-21(27)24-17-9-11-25(12-10-17)22(28)19-7-2-3-8-20(19)23/h2-8,13,17H,9-12,14H2,1H3,(H,24,27). The summed E-state index contributed by atoms with van der Waals surface area (Å²) in [5.74, 6) is -0.743. The molecule has 2 aromatic carbocycles. The second kappa shape index (κ2) is 9.32. The smallest absolute Gasteiger partial charge is 0.258 e. The van der Waals surface area contributed by atoms with Gasteiger partial charge in [0.2, 0.25) is 0 Å². The van der Waals surface area contributed by atoms with Gasteiger partial charge in [0.05, 0.1) is 5.56 Å². The number of ether oxygens (including phenoxy) is 1. The van der Waals surface area contributed by atoms with Crippen molar-refractivity contribution < 1.29 is 23.5 Å². The minimum absolute atomic E-state index is 0.0659. The molecule has 0 atom stereocenters. The molecule has 2 aromatic rings. The molecule has 0 radical (unpaired) electrons. The van der Waals surface area contributed by atoms with Gasteiger partial charge in [-0.1, -0.05) is 24.3 Å². The molecule has 2 amide bonds. The Balaban J connectivity index is 1.45. The fourth-order valence-corrected chi connectivity index (χ4v) is 3.26. The minimum Gasteiger partial charge on any atom is -0.484 e. The van der Waals surface area contributed by atoms with E-state index >= 15 is 0 Å². The molecule has 0 unspecified atom stereocenters. The summed E-state index contributed by atoms with van der Waals surface area (Å²) in [5, 5.41) is 2.89. The van der Waals surface area contributed by atoms with Crippen LogP contribution in [-0.2, 0) is 4.79 Å². The molecule has 3 rings (SSSR count). The van der Waals surface area contributed by atoms with Crippen molar-refractivity contribution in [2.75, 3.05) is 19.7 Å². The minimum atomic E-state index is -0.529. The molecule has 7 heteroatoms. The van der Waals surface area contributed by atoms with Gasteiger partial charge in [-0.25, -0.2) is 4.39 Å². The number of halogens is 1. The summed E-state index contributed by atoms with van der Waals surface area (Å²) in [6, 6.07) is 12.5. The second-order valence-corrected chi connectivity index (χ2v) is 6.99. The zero-order valence-electron chi connectivity index (χ0n) is 16.2. The van der Waals surface area contributed by atoms with Gasteiger partial charge in [-0.05, 0) is 44.0 Å². The van der Waals surface area contributed by atoms with Crippen LogP contribution in [0.5, 0.6) is 5.75 Å². The van der Waals surface area contributed by atoms with Crippen LogP contribution in [0.2, 0.25) is 0 Å². The number of piperidine rings is 1. The molecule has 1 saturated heterocycles. The number of Topliss-reactive ketones (excluding diaryl/α,β-unsaturated/α-hetero) is 1. The van der Waals surface area contributed by atoms with Gasteiger partial charge < -0.3 is 15.0 Å². The molecule has 1 fully saturated rings. The van der Waals surface area contributed by atoms with E-state index in [0.717, 1.165) is 0 Å². The Bertz CT molecular complexity index is 907. The Labute approximate surface area is 168 Å². The molecule has 1 heterocycles. The van der Waals surface area contributed by atoms with Crippen LogP contribution in [0.15, 0.2) is 48.5 Å². The van der Waals surface area contributed by atoms with Crippen LogP contribution >= 0.6 is 0 Å². The van der Waals surface area contributed by atoms with E-state index in [1.165, 1.54) is 19.1 Å².